The van der Waals surface area contributed by atoms with Crippen molar-refractivity contribution in [3.05, 3.63) is 36.0 Å². The van der Waals surface area contributed by atoms with Gasteiger partial charge in [0.2, 0.25) is 0 Å². The van der Waals surface area contributed by atoms with E-state index in [1.165, 1.54) is 0 Å². The summed E-state index contributed by atoms with van der Waals surface area (Å²) in [7, 11) is 0. The molecule has 0 radical (unpaired) electrons. The third-order valence-corrected chi connectivity index (χ3v) is 3.89. The molecule has 0 saturated heterocycles. The second-order valence-electron chi connectivity index (χ2n) is 7.35. The van der Waals surface area contributed by atoms with E-state index in [1.807, 2.05) is 24.3 Å². The molecule has 0 spiro atoms. The molecule has 28 heavy (non-hydrogen) atoms. The van der Waals surface area contributed by atoms with E-state index < -0.39 is 23.7 Å². The standard InChI is InChI=1S/C20H26N2O6/c1-5-27-17(23)12-22-11-13(14-8-6-7-9-16(14)22)10-15(18(24)25)21-19(26)28-20(2,3)4/h6-9,11,15H,5,10,12H2,1-4H3,(H,21,26)(H,24,25)/t15-/m1/s1. The second kappa shape index (κ2) is 8.77. The molecule has 0 aliphatic rings. The Balaban J connectivity index is 2.26. The van der Waals surface area contributed by atoms with Crippen molar-refractivity contribution in [3.8, 4) is 0 Å². The summed E-state index contributed by atoms with van der Waals surface area (Å²) in [6.07, 6.45) is 0.967. The maximum Gasteiger partial charge on any atom is 0.408 e. The van der Waals surface area contributed by atoms with Gasteiger partial charge in [-0.25, -0.2) is 9.59 Å². The van der Waals surface area contributed by atoms with E-state index in [2.05, 4.69) is 5.32 Å². The van der Waals surface area contributed by atoms with Crippen LogP contribution >= 0.6 is 0 Å². The Bertz CT molecular complexity index is 865. The van der Waals surface area contributed by atoms with Crippen LogP contribution in [0.2, 0.25) is 0 Å². The number of ether oxygens (including phenoxy) is 2. The third-order valence-electron chi connectivity index (χ3n) is 3.89. The van der Waals surface area contributed by atoms with Gasteiger partial charge < -0.3 is 24.5 Å². The molecule has 1 heterocycles. The Morgan fingerprint density at radius 1 is 1.21 bits per heavy atom. The van der Waals surface area contributed by atoms with Crippen LogP contribution in [0.4, 0.5) is 4.79 Å². The number of amides is 1. The average Bonchev–Trinajstić information content (AvgIpc) is 2.90. The fourth-order valence-corrected chi connectivity index (χ4v) is 2.83. The lowest BCUT2D eigenvalue weighted by Crippen LogP contribution is -2.44. The first-order valence-corrected chi connectivity index (χ1v) is 9.05. The minimum absolute atomic E-state index is 0.0194. The van der Waals surface area contributed by atoms with Gasteiger partial charge in [0, 0.05) is 23.5 Å². The number of rotatable bonds is 7. The Hall–Kier alpha value is -3.03. The number of carboxylic acids is 1. The summed E-state index contributed by atoms with van der Waals surface area (Å²) in [5, 5.41) is 12.7. The molecule has 2 aromatic rings. The molecule has 0 fully saturated rings. The first-order chi connectivity index (χ1) is 13.1. The summed E-state index contributed by atoms with van der Waals surface area (Å²) in [6, 6.07) is 6.18. The molecule has 1 aromatic heterocycles. The van der Waals surface area contributed by atoms with E-state index in [0.29, 0.717) is 5.56 Å². The smallest absolute Gasteiger partial charge is 0.408 e. The van der Waals surface area contributed by atoms with Crippen LogP contribution in [0.3, 0.4) is 0 Å². The van der Waals surface area contributed by atoms with Crippen molar-refractivity contribution in [1.29, 1.82) is 0 Å². The summed E-state index contributed by atoms with van der Waals surface area (Å²) < 4.78 is 11.9. The van der Waals surface area contributed by atoms with E-state index in [-0.39, 0.29) is 25.5 Å². The van der Waals surface area contributed by atoms with Gasteiger partial charge >= 0.3 is 18.0 Å². The molecule has 1 atom stereocenters. The number of hydrogen-bond donors (Lipinski definition) is 2. The van der Waals surface area contributed by atoms with Crippen LogP contribution in [-0.2, 0) is 32.0 Å². The number of carboxylic acid groups (broad SMARTS) is 1. The lowest BCUT2D eigenvalue weighted by molar-refractivity contribution is -0.143. The van der Waals surface area contributed by atoms with Crippen LogP contribution in [0.25, 0.3) is 10.9 Å². The molecule has 8 heteroatoms. The van der Waals surface area contributed by atoms with Crippen LogP contribution in [0.5, 0.6) is 0 Å². The molecule has 1 amide bonds. The van der Waals surface area contributed by atoms with Gasteiger partial charge in [0.05, 0.1) is 6.61 Å². The number of benzene rings is 1. The van der Waals surface area contributed by atoms with E-state index in [4.69, 9.17) is 9.47 Å². The number of carbonyl (C=O) groups is 3. The summed E-state index contributed by atoms with van der Waals surface area (Å²) in [6.45, 7) is 7.14. The van der Waals surface area contributed by atoms with Gasteiger partial charge in [-0.15, -0.1) is 0 Å². The van der Waals surface area contributed by atoms with Crippen molar-refractivity contribution >= 4 is 28.9 Å². The summed E-state index contributed by atoms with van der Waals surface area (Å²) in [5.74, 6) is -1.55. The number of aromatic nitrogens is 1. The maximum absolute atomic E-state index is 12.0. The SMILES string of the molecule is CCOC(=O)Cn1cc(C[C@@H](NC(=O)OC(C)(C)C)C(=O)O)c2ccccc21. The van der Waals surface area contributed by atoms with Gasteiger partial charge in [-0.05, 0) is 39.3 Å². The predicted octanol–water partition coefficient (Wildman–Crippen LogP) is 2.72. The Kier molecular flexibility index (Phi) is 6.66. The van der Waals surface area contributed by atoms with E-state index >= 15 is 0 Å². The topological polar surface area (TPSA) is 107 Å². The number of para-hydroxylation sites is 1. The molecule has 0 saturated carbocycles. The quantitative estimate of drug-likeness (QED) is 0.704. The predicted molar refractivity (Wildman–Crippen MR) is 103 cm³/mol. The van der Waals surface area contributed by atoms with Crippen molar-refractivity contribution in [3.63, 3.8) is 0 Å². The van der Waals surface area contributed by atoms with Gasteiger partial charge in [-0.3, -0.25) is 4.79 Å². The first kappa shape index (κ1) is 21.3. The molecule has 152 valence electrons. The van der Waals surface area contributed by atoms with Crippen LogP contribution in [0.1, 0.15) is 33.3 Å². The number of fused-ring (bicyclic) bond motifs is 1. The molecule has 0 bridgehead atoms. The van der Waals surface area contributed by atoms with Crippen LogP contribution in [0, 0.1) is 0 Å². The van der Waals surface area contributed by atoms with E-state index in [0.717, 1.165) is 10.9 Å². The normalized spacial score (nSPS) is 12.4. The fraction of sp³-hybridized carbons (Fsp3) is 0.450. The zero-order valence-corrected chi connectivity index (χ0v) is 16.5. The number of nitrogens with one attached hydrogen (secondary N) is 1. The Morgan fingerprint density at radius 3 is 2.50 bits per heavy atom. The number of alkyl carbamates (subject to hydrolysis) is 1. The largest absolute Gasteiger partial charge is 0.480 e. The summed E-state index contributed by atoms with van der Waals surface area (Å²) >= 11 is 0. The van der Waals surface area contributed by atoms with Crippen LogP contribution in [-0.4, -0.2) is 46.0 Å². The minimum Gasteiger partial charge on any atom is -0.480 e. The van der Waals surface area contributed by atoms with Crippen molar-refractivity contribution in [2.24, 2.45) is 0 Å². The Morgan fingerprint density at radius 2 is 1.89 bits per heavy atom. The van der Waals surface area contributed by atoms with Gasteiger partial charge in [-0.1, -0.05) is 18.2 Å². The minimum atomic E-state index is -1.17. The van der Waals surface area contributed by atoms with Crippen molar-refractivity contribution in [2.45, 2.75) is 52.3 Å². The molecule has 2 N–H and O–H groups in total. The lowest BCUT2D eigenvalue weighted by atomic mass is 10.1. The molecule has 0 unspecified atom stereocenters. The fourth-order valence-electron chi connectivity index (χ4n) is 2.83. The highest BCUT2D eigenvalue weighted by Crippen LogP contribution is 2.23. The molecular formula is C20H26N2O6. The maximum atomic E-state index is 12.0. The highest BCUT2D eigenvalue weighted by atomic mass is 16.6. The number of hydrogen-bond acceptors (Lipinski definition) is 5. The zero-order chi connectivity index (χ0) is 20.9. The second-order valence-corrected chi connectivity index (χ2v) is 7.35. The molecular weight excluding hydrogens is 364 g/mol. The van der Waals surface area contributed by atoms with Crippen LogP contribution in [0.15, 0.2) is 30.5 Å². The van der Waals surface area contributed by atoms with Gasteiger partial charge in [0.25, 0.3) is 0 Å². The average molecular weight is 390 g/mol. The molecule has 2 rings (SSSR count). The third kappa shape index (κ3) is 5.73. The summed E-state index contributed by atoms with van der Waals surface area (Å²) in [5.41, 5.74) is 0.748. The number of aliphatic carboxylic acids is 1. The number of esters is 1. The lowest BCUT2D eigenvalue weighted by Gasteiger charge is -2.22. The molecule has 8 nitrogen and oxygen atoms in total. The van der Waals surface area contributed by atoms with E-state index in [9.17, 15) is 19.5 Å². The molecule has 0 aliphatic heterocycles. The Labute approximate surface area is 163 Å². The van der Waals surface area contributed by atoms with Gasteiger partial charge in [-0.2, -0.15) is 0 Å². The highest BCUT2D eigenvalue weighted by molar-refractivity contribution is 5.87. The van der Waals surface area contributed by atoms with E-state index in [1.54, 1.807) is 38.5 Å². The number of nitrogens with zero attached hydrogens (tertiary/aromatic N) is 1. The van der Waals surface area contributed by atoms with Crippen molar-refractivity contribution in [1.82, 2.24) is 9.88 Å². The summed E-state index contributed by atoms with van der Waals surface area (Å²) in [4.78, 5) is 35.5. The monoisotopic (exact) mass is 390 g/mol. The first-order valence-electron chi connectivity index (χ1n) is 9.05. The zero-order valence-electron chi connectivity index (χ0n) is 16.5. The van der Waals surface area contributed by atoms with Crippen LogP contribution < -0.4 is 5.32 Å². The number of carbonyl (C=O) groups excluding carboxylic acids is 2. The highest BCUT2D eigenvalue weighted by Gasteiger charge is 2.25. The van der Waals surface area contributed by atoms with Crippen molar-refractivity contribution in [2.75, 3.05) is 6.61 Å². The molecule has 1 aromatic carbocycles. The van der Waals surface area contributed by atoms with Gasteiger partial charge in [0.15, 0.2) is 0 Å². The van der Waals surface area contributed by atoms with Crippen molar-refractivity contribution < 1.29 is 29.0 Å². The molecule has 0 aliphatic carbocycles. The van der Waals surface area contributed by atoms with Gasteiger partial charge in [0.1, 0.15) is 18.2 Å².